The summed E-state index contributed by atoms with van der Waals surface area (Å²) >= 11 is 0. The van der Waals surface area contributed by atoms with E-state index in [-0.39, 0.29) is 5.60 Å². The van der Waals surface area contributed by atoms with Gasteiger partial charge in [-0.25, -0.2) is 0 Å². The molecule has 1 aromatic rings. The second-order valence-corrected chi connectivity index (χ2v) is 4.74. The van der Waals surface area contributed by atoms with Gasteiger partial charge in [0, 0.05) is 5.56 Å². The predicted molar refractivity (Wildman–Crippen MR) is 60.8 cm³/mol. The third kappa shape index (κ3) is 1.81. The highest BCUT2D eigenvalue weighted by Crippen LogP contribution is 2.39. The molecule has 15 heavy (non-hydrogen) atoms. The number of hydrogen-bond acceptors (Lipinski definition) is 2. The van der Waals surface area contributed by atoms with Gasteiger partial charge in [0.2, 0.25) is 0 Å². The Morgan fingerprint density at radius 3 is 2.73 bits per heavy atom. The molecule has 2 rings (SSSR count). The lowest BCUT2D eigenvalue weighted by molar-refractivity contribution is 0.0833. The Labute approximate surface area is 91.2 Å². The fourth-order valence-electron chi connectivity index (χ4n) is 2.05. The second-order valence-electron chi connectivity index (χ2n) is 4.74. The molecule has 0 saturated carbocycles. The quantitative estimate of drug-likeness (QED) is 0.703. The number of hydrogen-bond donors (Lipinski definition) is 0. The zero-order valence-electron chi connectivity index (χ0n) is 9.89. The van der Waals surface area contributed by atoms with Crippen LogP contribution in [0.15, 0.2) is 12.1 Å². The molecule has 0 bridgehead atoms. The van der Waals surface area contributed by atoms with Gasteiger partial charge < -0.3 is 9.47 Å². The number of rotatable bonds is 1. The summed E-state index contributed by atoms with van der Waals surface area (Å²) in [6.07, 6.45) is 2.17. The van der Waals surface area contributed by atoms with Crippen molar-refractivity contribution in [3.8, 4) is 11.5 Å². The number of methoxy groups -OCH3 is 1. The maximum Gasteiger partial charge on any atom is 0.129 e. The molecule has 0 atom stereocenters. The second kappa shape index (κ2) is 3.44. The van der Waals surface area contributed by atoms with E-state index in [1.807, 2.05) is 6.07 Å². The maximum atomic E-state index is 6.01. The molecule has 1 heterocycles. The molecule has 0 aromatic heterocycles. The van der Waals surface area contributed by atoms with E-state index < -0.39 is 0 Å². The zero-order chi connectivity index (χ0) is 11.1. The summed E-state index contributed by atoms with van der Waals surface area (Å²) in [5.41, 5.74) is 2.36. The Bertz CT molecular complexity index is 380. The first-order valence-corrected chi connectivity index (χ1v) is 5.39. The first-order valence-electron chi connectivity index (χ1n) is 5.39. The third-order valence-corrected chi connectivity index (χ3v) is 3.03. The van der Waals surface area contributed by atoms with Gasteiger partial charge in [-0.2, -0.15) is 0 Å². The summed E-state index contributed by atoms with van der Waals surface area (Å²) < 4.78 is 11.3. The van der Waals surface area contributed by atoms with Gasteiger partial charge >= 0.3 is 0 Å². The molecule has 2 heteroatoms. The number of aryl methyl sites for hydroxylation is 1. The van der Waals surface area contributed by atoms with E-state index in [0.29, 0.717) is 0 Å². The summed E-state index contributed by atoms with van der Waals surface area (Å²) in [5.74, 6) is 1.93. The summed E-state index contributed by atoms with van der Waals surface area (Å²) in [5, 5.41) is 0. The minimum Gasteiger partial charge on any atom is -0.496 e. The van der Waals surface area contributed by atoms with Crippen molar-refractivity contribution < 1.29 is 9.47 Å². The molecule has 0 aliphatic carbocycles. The molecule has 0 N–H and O–H groups in total. The molecule has 1 aromatic carbocycles. The summed E-state index contributed by atoms with van der Waals surface area (Å²) in [6.45, 7) is 6.32. The number of benzene rings is 1. The standard InChI is InChI=1S/C13H18O2/c1-9-11(14-4)6-5-10-7-8-13(2,3)15-12(9)10/h5-6H,7-8H2,1-4H3. The van der Waals surface area contributed by atoms with Crippen LogP contribution < -0.4 is 9.47 Å². The molecule has 82 valence electrons. The highest BCUT2D eigenvalue weighted by Gasteiger charge is 2.28. The van der Waals surface area contributed by atoms with E-state index in [0.717, 1.165) is 29.9 Å². The van der Waals surface area contributed by atoms with Gasteiger partial charge in [-0.15, -0.1) is 0 Å². The molecule has 0 amide bonds. The van der Waals surface area contributed by atoms with Crippen LogP contribution in [0.4, 0.5) is 0 Å². The van der Waals surface area contributed by atoms with E-state index in [2.05, 4.69) is 26.8 Å². The van der Waals surface area contributed by atoms with E-state index in [9.17, 15) is 0 Å². The lowest BCUT2D eigenvalue weighted by Gasteiger charge is -2.33. The van der Waals surface area contributed by atoms with Crippen LogP contribution in [0.5, 0.6) is 11.5 Å². The first-order chi connectivity index (χ1) is 7.03. The maximum absolute atomic E-state index is 6.01. The molecule has 1 aliphatic rings. The molecular weight excluding hydrogens is 188 g/mol. The van der Waals surface area contributed by atoms with Crippen molar-refractivity contribution in [1.82, 2.24) is 0 Å². The van der Waals surface area contributed by atoms with Gasteiger partial charge in [0.25, 0.3) is 0 Å². The fourth-order valence-corrected chi connectivity index (χ4v) is 2.05. The lowest BCUT2D eigenvalue weighted by Crippen LogP contribution is -2.33. The van der Waals surface area contributed by atoms with Crippen LogP contribution in [0.3, 0.4) is 0 Å². The van der Waals surface area contributed by atoms with E-state index in [4.69, 9.17) is 9.47 Å². The Kier molecular flexibility index (Phi) is 2.37. The van der Waals surface area contributed by atoms with E-state index >= 15 is 0 Å². The van der Waals surface area contributed by atoms with Gasteiger partial charge in [-0.1, -0.05) is 6.07 Å². The smallest absolute Gasteiger partial charge is 0.129 e. The van der Waals surface area contributed by atoms with Crippen LogP contribution in [0.1, 0.15) is 31.4 Å². The van der Waals surface area contributed by atoms with E-state index in [1.165, 1.54) is 5.56 Å². The highest BCUT2D eigenvalue weighted by molar-refractivity contribution is 5.50. The van der Waals surface area contributed by atoms with Crippen LogP contribution in [-0.2, 0) is 6.42 Å². The molecule has 0 spiro atoms. The van der Waals surface area contributed by atoms with Crippen molar-refractivity contribution in [3.63, 3.8) is 0 Å². The van der Waals surface area contributed by atoms with Crippen LogP contribution in [0.2, 0.25) is 0 Å². The largest absolute Gasteiger partial charge is 0.496 e. The average molecular weight is 206 g/mol. The average Bonchev–Trinajstić information content (AvgIpc) is 2.19. The highest BCUT2D eigenvalue weighted by atomic mass is 16.5. The van der Waals surface area contributed by atoms with Crippen molar-refractivity contribution >= 4 is 0 Å². The van der Waals surface area contributed by atoms with Crippen molar-refractivity contribution in [2.45, 2.75) is 39.2 Å². The van der Waals surface area contributed by atoms with Gasteiger partial charge in [0.1, 0.15) is 17.1 Å². The Balaban J connectivity index is 2.47. The Hall–Kier alpha value is -1.18. The molecular formula is C13H18O2. The topological polar surface area (TPSA) is 18.5 Å². The zero-order valence-corrected chi connectivity index (χ0v) is 9.89. The summed E-state index contributed by atoms with van der Waals surface area (Å²) in [6, 6.07) is 4.13. The monoisotopic (exact) mass is 206 g/mol. The van der Waals surface area contributed by atoms with Gasteiger partial charge in [0.15, 0.2) is 0 Å². The normalized spacial score (nSPS) is 17.9. The van der Waals surface area contributed by atoms with Crippen molar-refractivity contribution in [2.24, 2.45) is 0 Å². The van der Waals surface area contributed by atoms with Crippen LogP contribution in [0.25, 0.3) is 0 Å². The Morgan fingerprint density at radius 1 is 1.33 bits per heavy atom. The molecule has 0 fully saturated rings. The van der Waals surface area contributed by atoms with Crippen molar-refractivity contribution in [2.75, 3.05) is 7.11 Å². The fraction of sp³-hybridized carbons (Fsp3) is 0.538. The minimum absolute atomic E-state index is 0.0515. The summed E-state index contributed by atoms with van der Waals surface area (Å²) in [4.78, 5) is 0. The SMILES string of the molecule is COc1ccc2c(c1C)OC(C)(C)CC2. The molecule has 1 aliphatic heterocycles. The predicted octanol–water partition coefficient (Wildman–Crippen LogP) is 3.11. The van der Waals surface area contributed by atoms with Crippen LogP contribution >= 0.6 is 0 Å². The lowest BCUT2D eigenvalue weighted by atomic mass is 9.93. The van der Waals surface area contributed by atoms with Crippen LogP contribution in [0, 0.1) is 6.92 Å². The third-order valence-electron chi connectivity index (χ3n) is 3.03. The minimum atomic E-state index is -0.0515. The first kappa shape index (κ1) is 10.3. The van der Waals surface area contributed by atoms with Crippen molar-refractivity contribution in [1.29, 1.82) is 0 Å². The van der Waals surface area contributed by atoms with Gasteiger partial charge in [-0.3, -0.25) is 0 Å². The molecule has 2 nitrogen and oxygen atoms in total. The van der Waals surface area contributed by atoms with Crippen LogP contribution in [-0.4, -0.2) is 12.7 Å². The Morgan fingerprint density at radius 2 is 2.07 bits per heavy atom. The molecule has 0 saturated heterocycles. The van der Waals surface area contributed by atoms with Gasteiger partial charge in [-0.05, 0) is 45.2 Å². The number of fused-ring (bicyclic) bond motifs is 1. The van der Waals surface area contributed by atoms with E-state index in [1.54, 1.807) is 7.11 Å². The van der Waals surface area contributed by atoms with Gasteiger partial charge in [0.05, 0.1) is 7.11 Å². The van der Waals surface area contributed by atoms with Crippen molar-refractivity contribution in [3.05, 3.63) is 23.3 Å². The summed E-state index contributed by atoms with van der Waals surface area (Å²) in [7, 11) is 1.70. The number of ether oxygens (including phenoxy) is 2. The molecule has 0 unspecified atom stereocenters. The molecule has 0 radical (unpaired) electrons.